The van der Waals surface area contributed by atoms with Gasteiger partial charge in [0.05, 0.1) is 5.39 Å². The van der Waals surface area contributed by atoms with E-state index in [1.165, 1.54) is 12.0 Å². The van der Waals surface area contributed by atoms with E-state index in [0.29, 0.717) is 12.0 Å². The van der Waals surface area contributed by atoms with E-state index >= 15 is 0 Å². The van der Waals surface area contributed by atoms with Gasteiger partial charge in [0.2, 0.25) is 0 Å². The number of likely N-dealkylation sites (tertiary alicyclic amines) is 1. The van der Waals surface area contributed by atoms with E-state index < -0.39 is 0 Å². The number of hydrogen-bond donors (Lipinski definition) is 1. The van der Waals surface area contributed by atoms with Crippen molar-refractivity contribution < 1.29 is 0 Å². The van der Waals surface area contributed by atoms with Gasteiger partial charge in [0.15, 0.2) is 0 Å². The third-order valence-electron chi connectivity index (χ3n) is 5.00. The summed E-state index contributed by atoms with van der Waals surface area (Å²) >= 11 is 0. The van der Waals surface area contributed by atoms with Crippen LogP contribution in [0.25, 0.3) is 11.0 Å². The topological polar surface area (TPSA) is 60.9 Å². The van der Waals surface area contributed by atoms with Crippen molar-refractivity contribution >= 4 is 16.9 Å². The van der Waals surface area contributed by atoms with Gasteiger partial charge in [-0.2, -0.15) is 0 Å². The van der Waals surface area contributed by atoms with Crippen LogP contribution < -0.4 is 4.90 Å². The van der Waals surface area contributed by atoms with Crippen molar-refractivity contribution in [3.8, 4) is 0 Å². The first-order valence-corrected chi connectivity index (χ1v) is 8.33. The van der Waals surface area contributed by atoms with Gasteiger partial charge in [-0.15, -0.1) is 0 Å². The van der Waals surface area contributed by atoms with Gasteiger partial charge in [0.25, 0.3) is 0 Å². The summed E-state index contributed by atoms with van der Waals surface area (Å²) in [5, 5.41) is 1.07. The third kappa shape index (κ3) is 2.63. The number of fused-ring (bicyclic) bond motifs is 1. The zero-order valence-corrected chi connectivity index (χ0v) is 14.1. The Balaban J connectivity index is 1.59. The number of H-pyrrole nitrogens is 1. The molecule has 1 N–H and O–H groups in total. The second kappa shape index (κ2) is 6.20. The fraction of sp³-hybridized carbons (Fsp3) is 0.389. The summed E-state index contributed by atoms with van der Waals surface area (Å²) in [6, 6.07) is 6.66. The molecule has 6 heteroatoms. The summed E-state index contributed by atoms with van der Waals surface area (Å²) in [6.45, 7) is 2.07. The molecule has 0 unspecified atom stereocenters. The quantitative estimate of drug-likeness (QED) is 0.799. The van der Waals surface area contributed by atoms with Crippen molar-refractivity contribution in [1.29, 1.82) is 0 Å². The van der Waals surface area contributed by atoms with E-state index in [2.05, 4.69) is 49.9 Å². The Morgan fingerprint density at radius 3 is 3.08 bits per heavy atom. The number of aromatic amines is 1. The van der Waals surface area contributed by atoms with Gasteiger partial charge in [-0.25, -0.2) is 9.97 Å². The van der Waals surface area contributed by atoms with Crippen molar-refractivity contribution in [2.24, 2.45) is 5.92 Å². The molecular weight excluding hydrogens is 300 g/mol. The molecule has 0 aromatic carbocycles. The highest BCUT2D eigenvalue weighted by Crippen LogP contribution is 2.37. The van der Waals surface area contributed by atoms with E-state index in [0.717, 1.165) is 29.9 Å². The molecule has 124 valence electrons. The van der Waals surface area contributed by atoms with Gasteiger partial charge in [-0.05, 0) is 43.6 Å². The zero-order valence-electron chi connectivity index (χ0n) is 14.1. The standard InChI is InChI=1S/C18H22N6/c1-23-9-6-14(16(23)13-4-3-7-19-10-13)11-24(2)18-15-5-8-20-17(15)21-12-22-18/h3-5,7-8,10,12,14,16H,6,9,11H2,1-2H3,(H,20,21,22)/t14-,16-/m0/s1. The molecule has 0 aliphatic carbocycles. The average molecular weight is 322 g/mol. The number of aromatic nitrogens is 4. The molecule has 4 heterocycles. The molecular formula is C18H22N6. The maximum Gasteiger partial charge on any atom is 0.142 e. The monoisotopic (exact) mass is 322 g/mol. The highest BCUT2D eigenvalue weighted by molar-refractivity contribution is 5.87. The summed E-state index contributed by atoms with van der Waals surface area (Å²) in [6.07, 6.45) is 8.56. The Hall–Kier alpha value is -2.47. The molecule has 0 bridgehead atoms. The zero-order chi connectivity index (χ0) is 16.5. The molecule has 0 radical (unpaired) electrons. The van der Waals surface area contributed by atoms with Crippen molar-refractivity contribution in [1.82, 2.24) is 24.8 Å². The summed E-state index contributed by atoms with van der Waals surface area (Å²) in [5.41, 5.74) is 2.18. The lowest BCUT2D eigenvalue weighted by molar-refractivity contribution is 0.278. The number of rotatable bonds is 4. The summed E-state index contributed by atoms with van der Waals surface area (Å²) in [4.78, 5) is 20.9. The minimum absolute atomic E-state index is 0.407. The Kier molecular flexibility index (Phi) is 3.90. The average Bonchev–Trinajstić information content (AvgIpc) is 3.22. The first-order chi connectivity index (χ1) is 11.7. The summed E-state index contributed by atoms with van der Waals surface area (Å²) in [5.74, 6) is 1.54. The minimum Gasteiger partial charge on any atom is -0.359 e. The van der Waals surface area contributed by atoms with Crippen LogP contribution in [0.5, 0.6) is 0 Å². The highest BCUT2D eigenvalue weighted by atomic mass is 15.2. The molecule has 4 rings (SSSR count). The summed E-state index contributed by atoms with van der Waals surface area (Å²) < 4.78 is 0. The smallest absolute Gasteiger partial charge is 0.142 e. The van der Waals surface area contributed by atoms with Crippen LogP contribution in [0.4, 0.5) is 5.82 Å². The van der Waals surface area contributed by atoms with Gasteiger partial charge in [-0.1, -0.05) is 6.07 Å². The van der Waals surface area contributed by atoms with Crippen molar-refractivity contribution in [3.63, 3.8) is 0 Å². The molecule has 0 spiro atoms. The van der Waals surface area contributed by atoms with E-state index in [-0.39, 0.29) is 0 Å². The lowest BCUT2D eigenvalue weighted by atomic mass is 9.94. The molecule has 1 saturated heterocycles. The Morgan fingerprint density at radius 2 is 2.25 bits per heavy atom. The molecule has 1 fully saturated rings. The number of nitrogens with one attached hydrogen (secondary N) is 1. The van der Waals surface area contributed by atoms with Crippen LogP contribution >= 0.6 is 0 Å². The number of anilines is 1. The van der Waals surface area contributed by atoms with Gasteiger partial charge >= 0.3 is 0 Å². The van der Waals surface area contributed by atoms with Crippen LogP contribution in [0.1, 0.15) is 18.0 Å². The van der Waals surface area contributed by atoms with E-state index in [9.17, 15) is 0 Å². The SMILES string of the molecule is CN(C[C@@H]1CCN(C)[C@H]1c1cccnc1)c1ncnc2[nH]ccc12. The normalized spacial score (nSPS) is 21.4. The first-order valence-electron chi connectivity index (χ1n) is 8.33. The molecule has 3 aromatic rings. The van der Waals surface area contributed by atoms with Crippen LogP contribution in [0, 0.1) is 5.92 Å². The molecule has 2 atom stereocenters. The molecule has 0 saturated carbocycles. The van der Waals surface area contributed by atoms with Crippen LogP contribution in [0.2, 0.25) is 0 Å². The van der Waals surface area contributed by atoms with Gasteiger partial charge in [0.1, 0.15) is 17.8 Å². The lowest BCUT2D eigenvalue weighted by Gasteiger charge is -2.29. The van der Waals surface area contributed by atoms with Crippen molar-refractivity contribution in [3.05, 3.63) is 48.7 Å². The summed E-state index contributed by atoms with van der Waals surface area (Å²) in [7, 11) is 4.32. The van der Waals surface area contributed by atoms with Crippen molar-refractivity contribution in [2.75, 3.05) is 32.1 Å². The predicted octanol–water partition coefficient (Wildman–Crippen LogP) is 2.48. The molecule has 1 aliphatic heterocycles. The highest BCUT2D eigenvalue weighted by Gasteiger charge is 2.34. The fourth-order valence-electron chi connectivity index (χ4n) is 3.90. The Bertz CT molecular complexity index is 815. The van der Waals surface area contributed by atoms with Gasteiger partial charge < -0.3 is 9.88 Å². The number of pyridine rings is 1. The number of nitrogens with zero attached hydrogens (tertiary/aromatic N) is 5. The maximum atomic E-state index is 4.51. The fourth-order valence-corrected chi connectivity index (χ4v) is 3.90. The van der Waals surface area contributed by atoms with Gasteiger partial charge in [-0.3, -0.25) is 9.88 Å². The van der Waals surface area contributed by atoms with Crippen LogP contribution in [0.15, 0.2) is 43.1 Å². The minimum atomic E-state index is 0.407. The Labute approximate surface area is 141 Å². The van der Waals surface area contributed by atoms with Crippen molar-refractivity contribution in [2.45, 2.75) is 12.5 Å². The van der Waals surface area contributed by atoms with E-state index in [1.54, 1.807) is 6.33 Å². The van der Waals surface area contributed by atoms with E-state index in [1.807, 2.05) is 30.7 Å². The third-order valence-corrected chi connectivity index (χ3v) is 5.00. The molecule has 1 aliphatic rings. The first kappa shape index (κ1) is 15.1. The second-order valence-electron chi connectivity index (χ2n) is 6.58. The molecule has 6 nitrogen and oxygen atoms in total. The lowest BCUT2D eigenvalue weighted by Crippen LogP contribution is -2.30. The predicted molar refractivity (Wildman–Crippen MR) is 94.9 cm³/mol. The molecule has 3 aromatic heterocycles. The molecule has 0 amide bonds. The van der Waals surface area contributed by atoms with Crippen LogP contribution in [-0.2, 0) is 0 Å². The van der Waals surface area contributed by atoms with E-state index in [4.69, 9.17) is 0 Å². The maximum absolute atomic E-state index is 4.51. The largest absolute Gasteiger partial charge is 0.359 e. The molecule has 24 heavy (non-hydrogen) atoms. The van der Waals surface area contributed by atoms with Crippen LogP contribution in [-0.4, -0.2) is 52.0 Å². The Morgan fingerprint density at radius 1 is 1.33 bits per heavy atom. The van der Waals surface area contributed by atoms with Gasteiger partial charge in [0, 0.05) is 38.2 Å². The second-order valence-corrected chi connectivity index (χ2v) is 6.58. The van der Waals surface area contributed by atoms with Crippen LogP contribution in [0.3, 0.4) is 0 Å². The number of hydrogen-bond acceptors (Lipinski definition) is 5.